The maximum Gasteiger partial charge on any atom is 0.239 e. The second kappa shape index (κ2) is 5.45. The Kier molecular flexibility index (Phi) is 3.53. The Hall–Kier alpha value is -3.16. The van der Waals surface area contributed by atoms with Gasteiger partial charge in [-0.3, -0.25) is 5.43 Å². The van der Waals surface area contributed by atoms with Crippen LogP contribution in [0, 0.1) is 22.7 Å². The van der Waals surface area contributed by atoms with Crippen LogP contribution >= 0.6 is 0 Å². The van der Waals surface area contributed by atoms with E-state index in [2.05, 4.69) is 20.7 Å². The lowest BCUT2D eigenvalue weighted by Gasteiger charge is -2.07. The van der Waals surface area contributed by atoms with E-state index in [1.165, 1.54) is 0 Å². The second-order valence-electron chi connectivity index (χ2n) is 3.52. The van der Waals surface area contributed by atoms with Crippen molar-refractivity contribution in [2.24, 2.45) is 5.84 Å². The fraction of sp³-hybridized carbons (Fsp3) is 0. The van der Waals surface area contributed by atoms with Crippen molar-refractivity contribution in [3.63, 3.8) is 0 Å². The molecule has 0 amide bonds. The number of nitrogens with two attached hydrogens (primary N) is 1. The van der Waals surface area contributed by atoms with Crippen LogP contribution in [-0.2, 0) is 0 Å². The van der Waals surface area contributed by atoms with E-state index in [4.69, 9.17) is 16.4 Å². The zero-order chi connectivity index (χ0) is 13.7. The molecule has 1 aromatic heterocycles. The summed E-state index contributed by atoms with van der Waals surface area (Å²) in [6, 6.07) is 10.4. The van der Waals surface area contributed by atoms with Gasteiger partial charge >= 0.3 is 0 Å². The van der Waals surface area contributed by atoms with Gasteiger partial charge in [0.2, 0.25) is 5.95 Å². The maximum atomic E-state index is 8.94. The van der Waals surface area contributed by atoms with Gasteiger partial charge in [-0.2, -0.15) is 15.5 Å². The highest BCUT2D eigenvalue weighted by Crippen LogP contribution is 2.18. The Labute approximate surface area is 109 Å². The molecule has 0 fully saturated rings. The van der Waals surface area contributed by atoms with E-state index in [9.17, 15) is 0 Å². The second-order valence-corrected chi connectivity index (χ2v) is 3.52. The van der Waals surface area contributed by atoms with E-state index in [0.717, 1.165) is 0 Å². The van der Waals surface area contributed by atoms with Crippen molar-refractivity contribution in [3.05, 3.63) is 41.6 Å². The van der Waals surface area contributed by atoms with E-state index < -0.39 is 0 Å². The summed E-state index contributed by atoms with van der Waals surface area (Å²) in [7, 11) is 0. The predicted molar refractivity (Wildman–Crippen MR) is 69.0 cm³/mol. The Morgan fingerprint density at radius 3 is 2.58 bits per heavy atom. The summed E-state index contributed by atoms with van der Waals surface area (Å²) in [5.74, 6) is 6.02. The van der Waals surface area contributed by atoms with Crippen molar-refractivity contribution >= 4 is 17.5 Å². The van der Waals surface area contributed by atoms with Crippen molar-refractivity contribution in [2.45, 2.75) is 0 Å². The van der Waals surface area contributed by atoms with Crippen LogP contribution < -0.4 is 16.6 Å². The van der Waals surface area contributed by atoms with Crippen LogP contribution in [0.1, 0.15) is 11.1 Å². The molecule has 0 unspecified atom stereocenters. The number of hydrogen-bond donors (Lipinski definition) is 3. The molecule has 0 spiro atoms. The van der Waals surface area contributed by atoms with Crippen LogP contribution in [-0.4, -0.2) is 9.97 Å². The third-order valence-corrected chi connectivity index (χ3v) is 2.32. The number of anilines is 3. The minimum absolute atomic E-state index is 0.277. The van der Waals surface area contributed by atoms with Crippen LogP contribution in [0.2, 0.25) is 0 Å². The highest BCUT2D eigenvalue weighted by Gasteiger charge is 2.04. The minimum Gasteiger partial charge on any atom is -0.340 e. The fourth-order valence-corrected chi connectivity index (χ4v) is 1.46. The summed E-state index contributed by atoms with van der Waals surface area (Å²) in [6.45, 7) is 0. The Bertz CT molecular complexity index is 681. The molecule has 7 heteroatoms. The summed E-state index contributed by atoms with van der Waals surface area (Å²) in [6.07, 6.45) is 1.54. The first-order valence-electron chi connectivity index (χ1n) is 5.27. The number of nitrogens with zero attached hydrogens (tertiary/aromatic N) is 4. The summed E-state index contributed by atoms with van der Waals surface area (Å²) in [5.41, 5.74) is 3.62. The molecular formula is C12H9N7. The number of aromatic nitrogens is 2. The normalized spacial score (nSPS) is 9.21. The van der Waals surface area contributed by atoms with Crippen LogP contribution in [0.15, 0.2) is 30.5 Å². The molecule has 1 heterocycles. The fourth-order valence-electron chi connectivity index (χ4n) is 1.46. The van der Waals surface area contributed by atoms with Gasteiger partial charge in [0, 0.05) is 11.9 Å². The van der Waals surface area contributed by atoms with Gasteiger partial charge in [0.1, 0.15) is 18.0 Å². The lowest BCUT2D eigenvalue weighted by atomic mass is 10.1. The van der Waals surface area contributed by atoms with Crippen molar-refractivity contribution in [2.75, 3.05) is 10.7 Å². The molecule has 0 saturated heterocycles. The minimum atomic E-state index is 0.277. The van der Waals surface area contributed by atoms with Gasteiger partial charge < -0.3 is 5.32 Å². The Morgan fingerprint density at radius 2 is 1.89 bits per heavy atom. The number of nitrogen functional groups attached to an aromatic ring is 1. The third-order valence-electron chi connectivity index (χ3n) is 2.32. The quantitative estimate of drug-likeness (QED) is 0.554. The van der Waals surface area contributed by atoms with E-state index >= 15 is 0 Å². The van der Waals surface area contributed by atoms with Gasteiger partial charge in [-0.15, -0.1) is 0 Å². The van der Waals surface area contributed by atoms with Crippen LogP contribution in [0.5, 0.6) is 0 Å². The standard InChI is InChI=1S/C12H9N7/c13-6-8-1-2-10(5-9(8)7-14)17-11-3-4-16-12(18-11)19-15/h1-5H,15H2,(H2,16,17,18,19). The smallest absolute Gasteiger partial charge is 0.239 e. The maximum absolute atomic E-state index is 8.94. The van der Waals surface area contributed by atoms with Crippen LogP contribution in [0.4, 0.5) is 17.5 Å². The van der Waals surface area contributed by atoms with Crippen LogP contribution in [0.3, 0.4) is 0 Å². The first-order valence-corrected chi connectivity index (χ1v) is 5.27. The van der Waals surface area contributed by atoms with E-state index in [1.54, 1.807) is 30.5 Å². The molecule has 0 aliphatic carbocycles. The molecule has 4 N–H and O–H groups in total. The highest BCUT2D eigenvalue weighted by atomic mass is 15.3. The molecule has 0 aliphatic heterocycles. The molecular weight excluding hydrogens is 242 g/mol. The number of rotatable bonds is 3. The summed E-state index contributed by atoms with van der Waals surface area (Å²) in [5, 5.41) is 20.8. The van der Waals surface area contributed by atoms with Crippen molar-refractivity contribution in [3.8, 4) is 12.1 Å². The zero-order valence-electron chi connectivity index (χ0n) is 9.75. The molecule has 2 rings (SSSR count). The third kappa shape index (κ3) is 2.75. The van der Waals surface area contributed by atoms with Gasteiger partial charge in [-0.25, -0.2) is 10.8 Å². The average molecular weight is 251 g/mol. The summed E-state index contributed by atoms with van der Waals surface area (Å²) < 4.78 is 0. The van der Waals surface area contributed by atoms with Crippen LogP contribution in [0.25, 0.3) is 0 Å². The number of nitriles is 2. The molecule has 7 nitrogen and oxygen atoms in total. The average Bonchev–Trinajstić information content (AvgIpc) is 2.47. The van der Waals surface area contributed by atoms with Gasteiger partial charge in [0.05, 0.1) is 11.1 Å². The monoisotopic (exact) mass is 251 g/mol. The van der Waals surface area contributed by atoms with Gasteiger partial charge in [0.25, 0.3) is 0 Å². The van der Waals surface area contributed by atoms with Gasteiger partial charge in [-0.1, -0.05) is 0 Å². The molecule has 1 aromatic carbocycles. The molecule has 0 radical (unpaired) electrons. The number of hydrogen-bond acceptors (Lipinski definition) is 7. The largest absolute Gasteiger partial charge is 0.340 e. The molecule has 0 aliphatic rings. The number of hydrazine groups is 1. The first kappa shape index (κ1) is 12.3. The van der Waals surface area contributed by atoms with Crippen molar-refractivity contribution in [1.29, 1.82) is 10.5 Å². The Balaban J connectivity index is 2.29. The number of benzene rings is 1. The molecule has 0 saturated carbocycles. The SMILES string of the molecule is N#Cc1ccc(Nc2ccnc(NN)n2)cc1C#N. The highest BCUT2D eigenvalue weighted by molar-refractivity contribution is 5.62. The number of nitrogens with one attached hydrogen (secondary N) is 2. The summed E-state index contributed by atoms with van der Waals surface area (Å²) >= 11 is 0. The van der Waals surface area contributed by atoms with Gasteiger partial charge in [-0.05, 0) is 24.3 Å². The lowest BCUT2D eigenvalue weighted by molar-refractivity contribution is 1.12. The van der Waals surface area contributed by atoms with E-state index in [-0.39, 0.29) is 5.95 Å². The molecule has 2 aromatic rings. The first-order chi connectivity index (χ1) is 9.26. The molecule has 0 bridgehead atoms. The van der Waals surface area contributed by atoms with Crippen molar-refractivity contribution in [1.82, 2.24) is 9.97 Å². The molecule has 0 atom stereocenters. The topological polar surface area (TPSA) is 123 Å². The predicted octanol–water partition coefficient (Wildman–Crippen LogP) is 1.25. The van der Waals surface area contributed by atoms with E-state index in [1.807, 2.05) is 12.1 Å². The lowest BCUT2D eigenvalue weighted by Crippen LogP contribution is -2.10. The summed E-state index contributed by atoms with van der Waals surface area (Å²) in [4.78, 5) is 7.96. The molecule has 92 valence electrons. The van der Waals surface area contributed by atoms with Crippen molar-refractivity contribution < 1.29 is 0 Å². The zero-order valence-corrected chi connectivity index (χ0v) is 9.75. The van der Waals surface area contributed by atoms with E-state index in [0.29, 0.717) is 22.6 Å². The van der Waals surface area contributed by atoms with Gasteiger partial charge in [0.15, 0.2) is 0 Å². The molecule has 19 heavy (non-hydrogen) atoms. The Morgan fingerprint density at radius 1 is 1.11 bits per heavy atom.